The lowest BCUT2D eigenvalue weighted by atomic mass is 10.1. The first-order valence-corrected chi connectivity index (χ1v) is 9.34. The highest BCUT2D eigenvalue weighted by molar-refractivity contribution is 6.09. The van der Waals surface area contributed by atoms with Crippen LogP contribution in [0.2, 0.25) is 0 Å². The van der Waals surface area contributed by atoms with E-state index < -0.39 is 0 Å². The molecular formula is C24H24N2O2. The molecule has 0 aliphatic rings. The Balaban J connectivity index is 1.83. The van der Waals surface area contributed by atoms with Crippen LogP contribution in [0.15, 0.2) is 72.8 Å². The van der Waals surface area contributed by atoms with Gasteiger partial charge < -0.3 is 10.2 Å². The summed E-state index contributed by atoms with van der Waals surface area (Å²) in [6, 6.07) is 22.3. The second kappa shape index (κ2) is 8.53. The summed E-state index contributed by atoms with van der Waals surface area (Å²) in [5, 5.41) is 2.88. The molecule has 28 heavy (non-hydrogen) atoms. The molecule has 0 saturated carbocycles. The molecule has 0 aliphatic carbocycles. The van der Waals surface area contributed by atoms with Crippen molar-refractivity contribution in [2.75, 3.05) is 16.8 Å². The van der Waals surface area contributed by atoms with Crippen molar-refractivity contribution < 1.29 is 9.59 Å². The topological polar surface area (TPSA) is 49.4 Å². The van der Waals surface area contributed by atoms with Crippen LogP contribution in [0.4, 0.5) is 11.4 Å². The van der Waals surface area contributed by atoms with Gasteiger partial charge in [-0.25, -0.2) is 0 Å². The third kappa shape index (κ3) is 4.46. The summed E-state index contributed by atoms with van der Waals surface area (Å²) in [6.45, 7) is 6.45. The summed E-state index contributed by atoms with van der Waals surface area (Å²) in [7, 11) is 0. The van der Waals surface area contributed by atoms with Gasteiger partial charge in [-0.1, -0.05) is 30.3 Å². The van der Waals surface area contributed by atoms with E-state index in [0.717, 1.165) is 22.5 Å². The molecule has 0 bridgehead atoms. The SMILES string of the molecule is CCN(C(=O)c1cccc(C(=O)Nc2cccc(C)c2)c1)c1cccc(C)c1. The second-order valence-electron chi connectivity index (χ2n) is 6.79. The van der Waals surface area contributed by atoms with E-state index in [9.17, 15) is 9.59 Å². The van der Waals surface area contributed by atoms with Gasteiger partial charge in [0.15, 0.2) is 0 Å². The highest BCUT2D eigenvalue weighted by Crippen LogP contribution is 2.20. The van der Waals surface area contributed by atoms with Gasteiger partial charge in [-0.2, -0.15) is 0 Å². The van der Waals surface area contributed by atoms with Gasteiger partial charge in [-0.15, -0.1) is 0 Å². The number of carbonyl (C=O) groups is 2. The van der Waals surface area contributed by atoms with Crippen LogP contribution < -0.4 is 10.2 Å². The van der Waals surface area contributed by atoms with Crippen LogP contribution in [0.1, 0.15) is 38.8 Å². The zero-order valence-electron chi connectivity index (χ0n) is 16.4. The van der Waals surface area contributed by atoms with E-state index in [1.54, 1.807) is 29.2 Å². The lowest BCUT2D eigenvalue weighted by Gasteiger charge is -2.22. The Kier molecular flexibility index (Phi) is 5.90. The number of amides is 2. The average molecular weight is 372 g/mol. The number of rotatable bonds is 5. The molecule has 3 aromatic carbocycles. The van der Waals surface area contributed by atoms with Gasteiger partial charge >= 0.3 is 0 Å². The number of aryl methyl sites for hydroxylation is 2. The Morgan fingerprint density at radius 3 is 2.14 bits per heavy atom. The number of anilines is 2. The lowest BCUT2D eigenvalue weighted by molar-refractivity contribution is 0.0988. The van der Waals surface area contributed by atoms with Crippen LogP contribution in [-0.4, -0.2) is 18.4 Å². The summed E-state index contributed by atoms with van der Waals surface area (Å²) in [5.41, 5.74) is 4.68. The van der Waals surface area contributed by atoms with Crippen molar-refractivity contribution in [1.29, 1.82) is 0 Å². The molecule has 0 aliphatic heterocycles. The number of hydrogen-bond acceptors (Lipinski definition) is 2. The molecule has 0 saturated heterocycles. The molecular weight excluding hydrogens is 348 g/mol. The Hall–Kier alpha value is -3.40. The molecule has 4 nitrogen and oxygen atoms in total. The van der Waals surface area contributed by atoms with Crippen LogP contribution in [0.25, 0.3) is 0 Å². The largest absolute Gasteiger partial charge is 0.322 e. The lowest BCUT2D eigenvalue weighted by Crippen LogP contribution is -2.30. The van der Waals surface area contributed by atoms with Gasteiger partial charge in [-0.05, 0) is 74.4 Å². The van der Waals surface area contributed by atoms with Gasteiger partial charge in [0.2, 0.25) is 0 Å². The Morgan fingerprint density at radius 2 is 1.46 bits per heavy atom. The van der Waals surface area contributed by atoms with Gasteiger partial charge in [0.05, 0.1) is 0 Å². The first-order valence-electron chi connectivity index (χ1n) is 9.34. The molecule has 142 valence electrons. The normalized spacial score (nSPS) is 10.4. The van der Waals surface area contributed by atoms with Crippen molar-refractivity contribution in [2.24, 2.45) is 0 Å². The molecule has 0 unspecified atom stereocenters. The van der Waals surface area contributed by atoms with E-state index in [2.05, 4.69) is 5.32 Å². The van der Waals surface area contributed by atoms with Crippen LogP contribution in [-0.2, 0) is 0 Å². The van der Waals surface area contributed by atoms with E-state index in [0.29, 0.717) is 17.7 Å². The minimum Gasteiger partial charge on any atom is -0.322 e. The summed E-state index contributed by atoms with van der Waals surface area (Å²) in [5.74, 6) is -0.364. The third-order valence-electron chi connectivity index (χ3n) is 4.52. The maximum absolute atomic E-state index is 13.1. The predicted molar refractivity (Wildman–Crippen MR) is 114 cm³/mol. The van der Waals surface area contributed by atoms with E-state index in [-0.39, 0.29) is 11.8 Å². The van der Waals surface area contributed by atoms with Crippen molar-refractivity contribution in [3.8, 4) is 0 Å². The number of nitrogens with one attached hydrogen (secondary N) is 1. The molecule has 0 spiro atoms. The summed E-state index contributed by atoms with van der Waals surface area (Å²) in [6.07, 6.45) is 0. The number of hydrogen-bond donors (Lipinski definition) is 1. The molecule has 0 radical (unpaired) electrons. The summed E-state index contributed by atoms with van der Waals surface area (Å²) >= 11 is 0. The van der Waals surface area contributed by atoms with Crippen LogP contribution >= 0.6 is 0 Å². The molecule has 3 aromatic rings. The molecule has 0 atom stereocenters. The second-order valence-corrected chi connectivity index (χ2v) is 6.79. The summed E-state index contributed by atoms with van der Waals surface area (Å²) < 4.78 is 0. The molecule has 0 aromatic heterocycles. The standard InChI is InChI=1S/C24H24N2O2/c1-4-26(22-13-6-9-18(3)15-22)24(28)20-11-7-10-19(16-20)23(27)25-21-12-5-8-17(2)14-21/h5-16H,4H2,1-3H3,(H,25,27). The van der Waals surface area contributed by atoms with Crippen molar-refractivity contribution in [2.45, 2.75) is 20.8 Å². The number of benzene rings is 3. The van der Waals surface area contributed by atoms with Crippen molar-refractivity contribution in [3.05, 3.63) is 95.1 Å². The molecule has 2 amide bonds. The van der Waals surface area contributed by atoms with Gasteiger partial charge in [0.1, 0.15) is 0 Å². The van der Waals surface area contributed by atoms with Gasteiger partial charge in [0, 0.05) is 29.0 Å². The van der Waals surface area contributed by atoms with E-state index in [1.807, 2.05) is 69.3 Å². The fraction of sp³-hybridized carbons (Fsp3) is 0.167. The molecule has 4 heteroatoms. The summed E-state index contributed by atoms with van der Waals surface area (Å²) in [4.78, 5) is 27.4. The predicted octanol–water partition coefficient (Wildman–Crippen LogP) is 5.22. The third-order valence-corrected chi connectivity index (χ3v) is 4.52. The Labute approximate surface area is 165 Å². The van der Waals surface area contributed by atoms with E-state index in [1.165, 1.54) is 0 Å². The first-order chi connectivity index (χ1) is 13.5. The maximum atomic E-state index is 13.1. The monoisotopic (exact) mass is 372 g/mol. The van der Waals surface area contributed by atoms with Crippen LogP contribution in [0.3, 0.4) is 0 Å². The van der Waals surface area contributed by atoms with E-state index >= 15 is 0 Å². The average Bonchev–Trinajstić information content (AvgIpc) is 2.68. The van der Waals surface area contributed by atoms with Gasteiger partial charge in [-0.3, -0.25) is 9.59 Å². The first kappa shape index (κ1) is 19.4. The van der Waals surface area contributed by atoms with Crippen molar-refractivity contribution in [1.82, 2.24) is 0 Å². The van der Waals surface area contributed by atoms with Gasteiger partial charge in [0.25, 0.3) is 11.8 Å². The molecule has 1 N–H and O–H groups in total. The minimum atomic E-state index is -0.237. The van der Waals surface area contributed by atoms with Crippen LogP contribution in [0, 0.1) is 13.8 Å². The maximum Gasteiger partial charge on any atom is 0.258 e. The van der Waals surface area contributed by atoms with Crippen molar-refractivity contribution in [3.63, 3.8) is 0 Å². The Morgan fingerprint density at radius 1 is 0.821 bits per heavy atom. The zero-order valence-corrected chi connectivity index (χ0v) is 16.4. The smallest absolute Gasteiger partial charge is 0.258 e. The van der Waals surface area contributed by atoms with Crippen molar-refractivity contribution >= 4 is 23.2 Å². The number of carbonyl (C=O) groups excluding carboxylic acids is 2. The molecule has 0 heterocycles. The fourth-order valence-corrected chi connectivity index (χ4v) is 3.11. The van der Waals surface area contributed by atoms with E-state index in [4.69, 9.17) is 0 Å². The highest BCUT2D eigenvalue weighted by atomic mass is 16.2. The molecule has 0 fully saturated rings. The number of nitrogens with zero attached hydrogens (tertiary/aromatic N) is 1. The van der Waals surface area contributed by atoms with Crippen LogP contribution in [0.5, 0.6) is 0 Å². The quantitative estimate of drug-likeness (QED) is 0.667. The zero-order chi connectivity index (χ0) is 20.1. The Bertz CT molecular complexity index is 1010. The highest BCUT2D eigenvalue weighted by Gasteiger charge is 2.18. The fourth-order valence-electron chi connectivity index (χ4n) is 3.11. The molecule has 3 rings (SSSR count). The minimum absolute atomic E-state index is 0.127.